The summed E-state index contributed by atoms with van der Waals surface area (Å²) in [5.74, 6) is 0.0558. The Hall–Kier alpha value is -2.49. The predicted molar refractivity (Wildman–Crippen MR) is 156 cm³/mol. The van der Waals surface area contributed by atoms with Crippen molar-refractivity contribution in [3.8, 4) is 5.75 Å². The van der Waals surface area contributed by atoms with Crippen LogP contribution in [0.2, 0.25) is 10.0 Å². The highest BCUT2D eigenvalue weighted by atomic mass is 35.5. The summed E-state index contributed by atoms with van der Waals surface area (Å²) in [5, 5.41) is 4.00. The first-order valence-electron chi connectivity index (χ1n) is 13.2. The van der Waals surface area contributed by atoms with Crippen LogP contribution in [0.15, 0.2) is 42.5 Å². The number of carbonyl (C=O) groups excluding carboxylic acids is 2. The number of benzene rings is 2. The van der Waals surface area contributed by atoms with Gasteiger partial charge in [-0.25, -0.2) is 8.42 Å². The normalized spacial score (nSPS) is 14.6. The van der Waals surface area contributed by atoms with Crippen LogP contribution < -0.4 is 14.4 Å². The number of anilines is 1. The summed E-state index contributed by atoms with van der Waals surface area (Å²) >= 11 is 12.3. The third-order valence-electron chi connectivity index (χ3n) is 6.93. The number of sulfonamides is 1. The number of hydrogen-bond donors (Lipinski definition) is 1. The first-order chi connectivity index (χ1) is 18.5. The molecule has 0 heterocycles. The molecule has 214 valence electrons. The summed E-state index contributed by atoms with van der Waals surface area (Å²) in [4.78, 5) is 28.4. The highest BCUT2D eigenvalue weighted by Gasteiger charge is 2.30. The minimum absolute atomic E-state index is 0.0662. The molecule has 2 aromatic carbocycles. The number of amides is 2. The second kappa shape index (κ2) is 14.2. The van der Waals surface area contributed by atoms with E-state index in [1.165, 1.54) is 17.5 Å². The SMILES string of the molecule is CCC(C(=O)NC1CCCC1)N(Cc1ccc(Cl)cc1)C(=O)CCCN(c1ccc(OC)c(Cl)c1)S(C)(=O)=O. The van der Waals surface area contributed by atoms with Crippen LogP contribution in [0.3, 0.4) is 0 Å². The fraction of sp³-hybridized carbons (Fsp3) is 0.500. The zero-order valence-corrected chi connectivity index (χ0v) is 25.0. The van der Waals surface area contributed by atoms with Crippen LogP contribution in [0.25, 0.3) is 0 Å². The van der Waals surface area contributed by atoms with Crippen LogP contribution in [0, 0.1) is 0 Å². The highest BCUT2D eigenvalue weighted by Crippen LogP contribution is 2.30. The van der Waals surface area contributed by atoms with E-state index in [1.807, 2.05) is 19.1 Å². The molecule has 1 aliphatic carbocycles. The maximum Gasteiger partial charge on any atom is 0.243 e. The molecule has 0 aliphatic heterocycles. The molecule has 1 N–H and O–H groups in total. The standard InChI is InChI=1S/C28H37Cl2N3O5S/c1-4-25(28(35)31-22-8-5-6-9-22)32(19-20-11-13-21(29)14-12-20)27(34)10-7-17-33(39(3,36)37)23-15-16-26(38-2)24(30)18-23/h11-16,18,22,25H,4-10,17,19H2,1-3H3,(H,31,35). The number of hydrogen-bond acceptors (Lipinski definition) is 5. The lowest BCUT2D eigenvalue weighted by atomic mass is 10.1. The van der Waals surface area contributed by atoms with Crippen molar-refractivity contribution in [2.75, 3.05) is 24.2 Å². The summed E-state index contributed by atoms with van der Waals surface area (Å²) in [5.41, 5.74) is 1.24. The van der Waals surface area contributed by atoms with Gasteiger partial charge in [0.2, 0.25) is 21.8 Å². The summed E-state index contributed by atoms with van der Waals surface area (Å²) in [7, 11) is -2.16. The molecular formula is C28H37Cl2N3O5S. The van der Waals surface area contributed by atoms with Gasteiger partial charge >= 0.3 is 0 Å². The van der Waals surface area contributed by atoms with E-state index in [0.717, 1.165) is 37.5 Å². The Morgan fingerprint density at radius 2 is 1.77 bits per heavy atom. The van der Waals surface area contributed by atoms with Crippen LogP contribution in [0.1, 0.15) is 57.4 Å². The second-order valence-corrected chi connectivity index (χ2v) is 12.6. The number of nitrogens with one attached hydrogen (secondary N) is 1. The highest BCUT2D eigenvalue weighted by molar-refractivity contribution is 7.92. The summed E-state index contributed by atoms with van der Waals surface area (Å²) < 4.78 is 31.5. The molecule has 3 rings (SSSR count). The lowest BCUT2D eigenvalue weighted by Gasteiger charge is -2.32. The number of halogens is 2. The van der Waals surface area contributed by atoms with Gasteiger partial charge in [0, 0.05) is 30.6 Å². The monoisotopic (exact) mass is 597 g/mol. The van der Waals surface area contributed by atoms with Gasteiger partial charge in [-0.3, -0.25) is 13.9 Å². The van der Waals surface area contributed by atoms with Crippen LogP contribution in [-0.4, -0.2) is 57.1 Å². The van der Waals surface area contributed by atoms with Gasteiger partial charge in [0.15, 0.2) is 0 Å². The Kier molecular flexibility index (Phi) is 11.3. The van der Waals surface area contributed by atoms with Gasteiger partial charge < -0.3 is 15.0 Å². The summed E-state index contributed by atoms with van der Waals surface area (Å²) in [6.45, 7) is 2.21. The van der Waals surface area contributed by atoms with E-state index in [-0.39, 0.29) is 48.8 Å². The molecule has 0 spiro atoms. The van der Waals surface area contributed by atoms with Crippen LogP contribution in [0.5, 0.6) is 5.75 Å². The smallest absolute Gasteiger partial charge is 0.243 e. The van der Waals surface area contributed by atoms with Gasteiger partial charge in [-0.05, 0) is 61.6 Å². The minimum atomic E-state index is -3.64. The zero-order chi connectivity index (χ0) is 28.6. The molecule has 11 heteroatoms. The molecule has 1 aliphatic rings. The zero-order valence-electron chi connectivity index (χ0n) is 22.7. The largest absolute Gasteiger partial charge is 0.495 e. The molecule has 1 saturated carbocycles. The molecule has 8 nitrogen and oxygen atoms in total. The molecule has 1 unspecified atom stereocenters. The summed E-state index contributed by atoms with van der Waals surface area (Å²) in [6.07, 6.45) is 5.97. The topological polar surface area (TPSA) is 96.0 Å². The van der Waals surface area contributed by atoms with Gasteiger partial charge in [-0.15, -0.1) is 0 Å². The number of rotatable bonds is 13. The van der Waals surface area contributed by atoms with Crippen molar-refractivity contribution in [3.05, 3.63) is 58.1 Å². The van der Waals surface area contributed by atoms with Gasteiger partial charge in [-0.1, -0.05) is 55.1 Å². The van der Waals surface area contributed by atoms with E-state index >= 15 is 0 Å². The Labute approximate surface area is 241 Å². The molecule has 0 radical (unpaired) electrons. The van der Waals surface area contributed by atoms with Gasteiger partial charge in [0.25, 0.3) is 0 Å². The van der Waals surface area contributed by atoms with Crippen LogP contribution >= 0.6 is 23.2 Å². The molecule has 2 aromatic rings. The van der Waals surface area contributed by atoms with Crippen molar-refractivity contribution in [2.24, 2.45) is 0 Å². The average molecular weight is 599 g/mol. The van der Waals surface area contributed by atoms with E-state index < -0.39 is 16.1 Å². The van der Waals surface area contributed by atoms with E-state index in [4.69, 9.17) is 27.9 Å². The Morgan fingerprint density at radius 3 is 2.33 bits per heavy atom. The molecule has 39 heavy (non-hydrogen) atoms. The minimum Gasteiger partial charge on any atom is -0.495 e. The van der Waals surface area contributed by atoms with E-state index in [9.17, 15) is 18.0 Å². The van der Waals surface area contributed by atoms with Crippen LogP contribution in [-0.2, 0) is 26.2 Å². The second-order valence-electron chi connectivity index (χ2n) is 9.82. The van der Waals surface area contributed by atoms with Crippen molar-refractivity contribution in [2.45, 2.75) is 70.5 Å². The van der Waals surface area contributed by atoms with Crippen molar-refractivity contribution in [3.63, 3.8) is 0 Å². The van der Waals surface area contributed by atoms with Gasteiger partial charge in [0.05, 0.1) is 24.1 Å². The Morgan fingerprint density at radius 1 is 1.10 bits per heavy atom. The van der Waals surface area contributed by atoms with Gasteiger partial charge in [0.1, 0.15) is 11.8 Å². The van der Waals surface area contributed by atoms with Crippen molar-refractivity contribution < 1.29 is 22.7 Å². The molecule has 2 amide bonds. The van der Waals surface area contributed by atoms with Gasteiger partial charge in [-0.2, -0.15) is 0 Å². The molecule has 1 atom stereocenters. The number of ether oxygens (including phenoxy) is 1. The molecule has 0 aromatic heterocycles. The number of nitrogens with zero attached hydrogens (tertiary/aromatic N) is 2. The average Bonchev–Trinajstić information content (AvgIpc) is 3.39. The van der Waals surface area contributed by atoms with Crippen molar-refractivity contribution in [1.82, 2.24) is 10.2 Å². The maximum atomic E-state index is 13.6. The molecular weight excluding hydrogens is 561 g/mol. The fourth-order valence-corrected chi connectivity index (χ4v) is 6.22. The van der Waals surface area contributed by atoms with E-state index in [0.29, 0.717) is 22.9 Å². The summed E-state index contributed by atoms with van der Waals surface area (Å²) in [6, 6.07) is 11.4. The molecule has 0 bridgehead atoms. The van der Waals surface area contributed by atoms with E-state index in [1.54, 1.807) is 29.2 Å². The lowest BCUT2D eigenvalue weighted by Crippen LogP contribution is -2.51. The van der Waals surface area contributed by atoms with Crippen LogP contribution in [0.4, 0.5) is 5.69 Å². The van der Waals surface area contributed by atoms with Crippen molar-refractivity contribution >= 4 is 50.7 Å². The third kappa shape index (κ3) is 8.75. The lowest BCUT2D eigenvalue weighted by molar-refractivity contribution is -0.141. The fourth-order valence-electron chi connectivity index (χ4n) is 4.89. The molecule has 1 fully saturated rings. The Bertz CT molecular complexity index is 1230. The van der Waals surface area contributed by atoms with Crippen molar-refractivity contribution in [1.29, 1.82) is 0 Å². The number of methoxy groups -OCH3 is 1. The third-order valence-corrected chi connectivity index (χ3v) is 8.67. The quantitative estimate of drug-likeness (QED) is 0.333. The number of carbonyl (C=O) groups is 2. The first kappa shape index (κ1) is 31.0. The maximum absolute atomic E-state index is 13.6. The predicted octanol–water partition coefficient (Wildman–Crippen LogP) is 5.41. The Balaban J connectivity index is 1.76. The molecule has 0 saturated heterocycles. The first-order valence-corrected chi connectivity index (χ1v) is 15.8. The van der Waals surface area contributed by atoms with E-state index in [2.05, 4.69) is 5.32 Å².